The summed E-state index contributed by atoms with van der Waals surface area (Å²) < 4.78 is 0. The first-order valence-electron chi connectivity index (χ1n) is 6.72. The van der Waals surface area contributed by atoms with Gasteiger partial charge >= 0.3 is 0 Å². The largest absolute Gasteiger partial charge is 0.349 e. The lowest BCUT2D eigenvalue weighted by Crippen LogP contribution is -2.39. The molecule has 0 spiro atoms. The molecule has 2 N–H and O–H groups in total. The van der Waals surface area contributed by atoms with Gasteiger partial charge in [-0.15, -0.1) is 0 Å². The molecular weight excluding hydrogens is 238 g/mol. The summed E-state index contributed by atoms with van der Waals surface area (Å²) in [4.78, 5) is 12.1. The summed E-state index contributed by atoms with van der Waals surface area (Å²) in [6, 6.07) is 9.42. The first-order valence-corrected chi connectivity index (χ1v) is 6.72. The highest BCUT2D eigenvalue weighted by molar-refractivity contribution is 5.79. The summed E-state index contributed by atoms with van der Waals surface area (Å²) in [5.74, 6) is 0.264. The Balaban J connectivity index is 1.93. The van der Waals surface area contributed by atoms with Crippen molar-refractivity contribution in [1.82, 2.24) is 10.6 Å². The molecule has 1 unspecified atom stereocenters. The minimum atomic E-state index is -0.0184. The summed E-state index contributed by atoms with van der Waals surface area (Å²) in [7, 11) is 0. The SMILES string of the molecule is CC(NC(=O)C1CCNCC1)c1ccc(C#N)cc1. The van der Waals surface area contributed by atoms with Gasteiger partial charge in [-0.2, -0.15) is 5.26 Å². The maximum Gasteiger partial charge on any atom is 0.223 e. The van der Waals surface area contributed by atoms with Gasteiger partial charge in [-0.05, 0) is 50.6 Å². The van der Waals surface area contributed by atoms with Crippen LogP contribution in [0.2, 0.25) is 0 Å². The van der Waals surface area contributed by atoms with Crippen LogP contribution in [0, 0.1) is 17.2 Å². The highest BCUT2D eigenvalue weighted by Crippen LogP contribution is 2.17. The van der Waals surface area contributed by atoms with Crippen molar-refractivity contribution in [2.75, 3.05) is 13.1 Å². The van der Waals surface area contributed by atoms with E-state index in [4.69, 9.17) is 5.26 Å². The number of amides is 1. The number of hydrogen-bond donors (Lipinski definition) is 2. The number of hydrogen-bond acceptors (Lipinski definition) is 3. The second-order valence-electron chi connectivity index (χ2n) is 4.99. The summed E-state index contributed by atoms with van der Waals surface area (Å²) in [6.45, 7) is 3.81. The number of carbonyl (C=O) groups is 1. The number of nitrogens with zero attached hydrogens (tertiary/aromatic N) is 1. The van der Waals surface area contributed by atoms with Crippen molar-refractivity contribution < 1.29 is 4.79 Å². The zero-order valence-electron chi connectivity index (χ0n) is 11.1. The lowest BCUT2D eigenvalue weighted by Gasteiger charge is -2.24. The van der Waals surface area contributed by atoms with Gasteiger partial charge in [0.15, 0.2) is 0 Å². The third-order valence-electron chi connectivity index (χ3n) is 3.61. The molecule has 0 radical (unpaired) electrons. The molecule has 0 aliphatic carbocycles. The average Bonchev–Trinajstić information content (AvgIpc) is 2.48. The Kier molecular flexibility index (Phi) is 4.53. The quantitative estimate of drug-likeness (QED) is 0.866. The molecular formula is C15H19N3O. The maximum atomic E-state index is 12.1. The van der Waals surface area contributed by atoms with E-state index in [9.17, 15) is 4.79 Å². The van der Waals surface area contributed by atoms with Gasteiger partial charge in [-0.3, -0.25) is 4.79 Å². The van der Waals surface area contributed by atoms with E-state index in [1.54, 1.807) is 12.1 Å². The van der Waals surface area contributed by atoms with Gasteiger partial charge in [-0.25, -0.2) is 0 Å². The minimum absolute atomic E-state index is 0.0184. The van der Waals surface area contributed by atoms with Gasteiger partial charge < -0.3 is 10.6 Å². The second kappa shape index (κ2) is 6.35. The monoisotopic (exact) mass is 257 g/mol. The third-order valence-corrected chi connectivity index (χ3v) is 3.61. The van der Waals surface area contributed by atoms with Gasteiger partial charge in [-0.1, -0.05) is 12.1 Å². The van der Waals surface area contributed by atoms with Gasteiger partial charge in [0, 0.05) is 5.92 Å². The predicted octanol–water partition coefficient (Wildman–Crippen LogP) is 1.74. The van der Waals surface area contributed by atoms with E-state index in [0.29, 0.717) is 5.56 Å². The van der Waals surface area contributed by atoms with Crippen molar-refractivity contribution in [3.05, 3.63) is 35.4 Å². The lowest BCUT2D eigenvalue weighted by atomic mass is 9.96. The predicted molar refractivity (Wildman–Crippen MR) is 73.3 cm³/mol. The maximum absolute atomic E-state index is 12.1. The number of rotatable bonds is 3. The Morgan fingerprint density at radius 3 is 2.58 bits per heavy atom. The van der Waals surface area contributed by atoms with Crippen molar-refractivity contribution in [2.45, 2.75) is 25.8 Å². The third kappa shape index (κ3) is 3.55. The Bertz CT molecular complexity index is 469. The smallest absolute Gasteiger partial charge is 0.223 e. The molecule has 1 aliphatic heterocycles. The highest BCUT2D eigenvalue weighted by atomic mass is 16.1. The van der Waals surface area contributed by atoms with Crippen LogP contribution in [0.3, 0.4) is 0 Å². The molecule has 4 nitrogen and oxygen atoms in total. The van der Waals surface area contributed by atoms with Crippen LogP contribution in [0.25, 0.3) is 0 Å². The van der Waals surface area contributed by atoms with Gasteiger partial charge in [0.1, 0.15) is 0 Å². The van der Waals surface area contributed by atoms with Crippen LogP contribution < -0.4 is 10.6 Å². The fourth-order valence-electron chi connectivity index (χ4n) is 2.35. The van der Waals surface area contributed by atoms with E-state index in [1.165, 1.54) is 0 Å². The summed E-state index contributed by atoms with van der Waals surface area (Å²) in [5.41, 5.74) is 1.67. The Hall–Kier alpha value is -1.86. The van der Waals surface area contributed by atoms with Gasteiger partial charge in [0.2, 0.25) is 5.91 Å². The van der Waals surface area contributed by atoms with Crippen LogP contribution in [0.5, 0.6) is 0 Å². The van der Waals surface area contributed by atoms with Gasteiger partial charge in [0.25, 0.3) is 0 Å². The van der Waals surface area contributed by atoms with E-state index in [1.807, 2.05) is 19.1 Å². The number of benzene rings is 1. The number of nitriles is 1. The van der Waals surface area contributed by atoms with Crippen LogP contribution in [-0.2, 0) is 4.79 Å². The zero-order valence-corrected chi connectivity index (χ0v) is 11.1. The normalized spacial score (nSPS) is 17.5. The summed E-state index contributed by atoms with van der Waals surface area (Å²) in [5, 5.41) is 15.1. The standard InChI is InChI=1S/C15H19N3O/c1-11(13-4-2-12(10-16)3-5-13)18-15(19)14-6-8-17-9-7-14/h2-5,11,14,17H,6-9H2,1H3,(H,18,19). The summed E-state index contributed by atoms with van der Waals surface area (Å²) in [6.07, 6.45) is 1.82. The second-order valence-corrected chi connectivity index (χ2v) is 4.99. The topological polar surface area (TPSA) is 64.9 Å². The molecule has 4 heteroatoms. The molecule has 1 amide bonds. The van der Waals surface area contributed by atoms with Crippen LogP contribution in [0.15, 0.2) is 24.3 Å². The van der Waals surface area contributed by atoms with Crippen molar-refractivity contribution in [3.63, 3.8) is 0 Å². The van der Waals surface area contributed by atoms with Crippen LogP contribution in [0.4, 0.5) is 0 Å². The van der Waals surface area contributed by atoms with Crippen molar-refractivity contribution >= 4 is 5.91 Å². The van der Waals surface area contributed by atoms with E-state index in [2.05, 4.69) is 16.7 Å². The first kappa shape index (κ1) is 13.6. The van der Waals surface area contributed by atoms with Crippen molar-refractivity contribution in [3.8, 4) is 6.07 Å². The van der Waals surface area contributed by atoms with Gasteiger partial charge in [0.05, 0.1) is 17.7 Å². The molecule has 0 bridgehead atoms. The Labute approximate surface area is 113 Å². The molecule has 1 heterocycles. The molecule has 19 heavy (non-hydrogen) atoms. The molecule has 100 valence electrons. The molecule has 1 saturated heterocycles. The number of nitrogens with one attached hydrogen (secondary N) is 2. The number of piperidine rings is 1. The van der Waals surface area contributed by atoms with E-state index in [-0.39, 0.29) is 17.9 Å². The summed E-state index contributed by atoms with van der Waals surface area (Å²) >= 11 is 0. The Morgan fingerprint density at radius 2 is 2.00 bits per heavy atom. The van der Waals surface area contributed by atoms with Crippen LogP contribution in [-0.4, -0.2) is 19.0 Å². The van der Waals surface area contributed by atoms with Crippen molar-refractivity contribution in [1.29, 1.82) is 5.26 Å². The lowest BCUT2D eigenvalue weighted by molar-refractivity contribution is -0.126. The fraction of sp³-hybridized carbons (Fsp3) is 0.467. The van der Waals surface area contributed by atoms with E-state index < -0.39 is 0 Å². The van der Waals surface area contributed by atoms with E-state index >= 15 is 0 Å². The molecule has 2 rings (SSSR count). The Morgan fingerprint density at radius 1 is 1.37 bits per heavy atom. The van der Waals surface area contributed by atoms with Crippen LogP contribution in [0.1, 0.15) is 36.9 Å². The fourth-order valence-corrected chi connectivity index (χ4v) is 2.35. The van der Waals surface area contributed by atoms with Crippen LogP contribution >= 0.6 is 0 Å². The molecule has 1 fully saturated rings. The molecule has 0 aromatic heterocycles. The molecule has 1 atom stereocenters. The molecule has 1 aliphatic rings. The minimum Gasteiger partial charge on any atom is -0.349 e. The number of carbonyl (C=O) groups excluding carboxylic acids is 1. The molecule has 1 aromatic carbocycles. The first-order chi connectivity index (χ1) is 9.20. The highest BCUT2D eigenvalue weighted by Gasteiger charge is 2.22. The molecule has 0 saturated carbocycles. The average molecular weight is 257 g/mol. The molecule has 1 aromatic rings. The van der Waals surface area contributed by atoms with E-state index in [0.717, 1.165) is 31.5 Å². The van der Waals surface area contributed by atoms with Crippen molar-refractivity contribution in [2.24, 2.45) is 5.92 Å². The zero-order chi connectivity index (χ0) is 13.7.